The van der Waals surface area contributed by atoms with E-state index in [9.17, 15) is 5.26 Å². The quantitative estimate of drug-likeness (QED) is 0.361. The number of aromatic nitrogens is 5. The standard InChI is InChI=1S/C25H36N8OSi/c1-35(2,3)13-12-34-19-32-9-4-22-23(28-18-29-24(22)32)20-16-30-33(17-20)25(5-6-26)14-21(15-25)31-10-7-27-8-11-31/h4,9,16-18,21,27H,5,7-8,10-15,19H2,1-3H3/i5D. The summed E-state index contributed by atoms with van der Waals surface area (Å²) >= 11 is 0. The minimum absolute atomic E-state index is 0.390. The summed E-state index contributed by atoms with van der Waals surface area (Å²) < 4.78 is 18.3. The molecular weight excluding hydrogens is 456 g/mol. The van der Waals surface area contributed by atoms with Crippen molar-refractivity contribution < 1.29 is 6.11 Å². The Labute approximate surface area is 209 Å². The molecule has 1 atom stereocenters. The molecule has 35 heavy (non-hydrogen) atoms. The molecule has 0 bridgehead atoms. The number of nitrogens with one attached hydrogen (secondary N) is 1. The van der Waals surface area contributed by atoms with Crippen LogP contribution in [0.2, 0.25) is 25.7 Å². The lowest BCUT2D eigenvalue weighted by Gasteiger charge is -2.51. The predicted octanol–water partition coefficient (Wildman–Crippen LogP) is 3.28. The van der Waals surface area contributed by atoms with Crippen molar-refractivity contribution in [2.75, 3.05) is 32.8 Å². The third kappa shape index (κ3) is 5.04. The molecule has 3 aromatic heterocycles. The van der Waals surface area contributed by atoms with Crippen LogP contribution in [0.3, 0.4) is 0 Å². The Bertz CT molecular complexity index is 1230. The van der Waals surface area contributed by atoms with Gasteiger partial charge in [0.1, 0.15) is 18.7 Å². The van der Waals surface area contributed by atoms with Crippen molar-refractivity contribution >= 4 is 19.1 Å². The van der Waals surface area contributed by atoms with Crippen molar-refractivity contribution in [3.63, 3.8) is 0 Å². The van der Waals surface area contributed by atoms with Crippen LogP contribution in [0.1, 0.15) is 20.6 Å². The molecule has 1 unspecified atom stereocenters. The van der Waals surface area contributed by atoms with Crippen LogP contribution >= 0.6 is 0 Å². The molecule has 4 heterocycles. The second-order valence-electron chi connectivity index (χ2n) is 11.0. The van der Waals surface area contributed by atoms with E-state index in [0.717, 1.165) is 74.0 Å². The van der Waals surface area contributed by atoms with E-state index in [1.165, 1.54) is 0 Å². The third-order valence-electron chi connectivity index (χ3n) is 7.27. The smallest absolute Gasteiger partial charge is 0.145 e. The molecular formula is C25H36N8OSi. The first-order valence-corrected chi connectivity index (χ1v) is 16.2. The van der Waals surface area contributed by atoms with Gasteiger partial charge >= 0.3 is 0 Å². The average Bonchev–Trinajstić information content (AvgIpc) is 3.49. The van der Waals surface area contributed by atoms with Crippen LogP contribution in [-0.2, 0) is 17.0 Å². The number of hydrogen-bond acceptors (Lipinski definition) is 7. The molecule has 3 aromatic rings. The SMILES string of the molecule is [2H]C(C#N)C1(n2cc(-c3ncnc4c3ccn4COCC[Si](C)(C)C)cn2)CC(N2CCNCC2)C1. The van der Waals surface area contributed by atoms with Gasteiger partial charge in [0, 0.05) is 71.6 Å². The van der Waals surface area contributed by atoms with Gasteiger partial charge in [-0.05, 0) is 25.0 Å². The number of nitriles is 1. The van der Waals surface area contributed by atoms with Crippen LogP contribution in [-0.4, -0.2) is 76.1 Å². The lowest BCUT2D eigenvalue weighted by molar-refractivity contribution is -0.00108. The highest BCUT2D eigenvalue weighted by Crippen LogP contribution is 2.45. The van der Waals surface area contributed by atoms with E-state index >= 15 is 0 Å². The van der Waals surface area contributed by atoms with E-state index in [1.54, 1.807) is 12.5 Å². The third-order valence-corrected chi connectivity index (χ3v) is 8.98. The van der Waals surface area contributed by atoms with Crippen LogP contribution in [0.5, 0.6) is 0 Å². The van der Waals surface area contributed by atoms with Crippen LogP contribution in [0.25, 0.3) is 22.3 Å². The van der Waals surface area contributed by atoms with Gasteiger partial charge in [-0.25, -0.2) is 9.97 Å². The van der Waals surface area contributed by atoms with Gasteiger partial charge in [0.2, 0.25) is 0 Å². The monoisotopic (exact) mass is 493 g/mol. The lowest BCUT2D eigenvalue weighted by atomic mass is 9.70. The van der Waals surface area contributed by atoms with Gasteiger partial charge in [0.25, 0.3) is 0 Å². The summed E-state index contributed by atoms with van der Waals surface area (Å²) in [6.07, 6.45) is 7.98. The maximum atomic E-state index is 9.66. The Kier molecular flexibility index (Phi) is 6.41. The van der Waals surface area contributed by atoms with E-state index in [1.807, 2.05) is 27.7 Å². The van der Waals surface area contributed by atoms with E-state index in [4.69, 9.17) is 6.11 Å². The van der Waals surface area contributed by atoms with E-state index in [0.29, 0.717) is 12.8 Å². The molecule has 1 N–H and O–H groups in total. The normalized spacial score (nSPS) is 24.6. The molecule has 1 aliphatic carbocycles. The minimum atomic E-state index is -1.13. The zero-order valence-electron chi connectivity index (χ0n) is 21.9. The zero-order valence-corrected chi connectivity index (χ0v) is 21.9. The molecule has 0 spiro atoms. The molecule has 1 aliphatic heterocycles. The molecule has 1 saturated heterocycles. The Balaban J connectivity index is 1.35. The zero-order chi connectivity index (χ0) is 25.3. The highest BCUT2D eigenvalue weighted by Gasteiger charge is 2.48. The van der Waals surface area contributed by atoms with Gasteiger partial charge in [0.15, 0.2) is 0 Å². The van der Waals surface area contributed by atoms with E-state index in [-0.39, 0.29) is 0 Å². The summed E-state index contributed by atoms with van der Waals surface area (Å²) in [5.41, 5.74) is 1.90. The summed E-state index contributed by atoms with van der Waals surface area (Å²) in [4.78, 5) is 11.6. The van der Waals surface area contributed by atoms with Crippen molar-refractivity contribution in [1.29, 1.82) is 5.26 Å². The van der Waals surface area contributed by atoms with Crippen LogP contribution in [0.4, 0.5) is 0 Å². The molecule has 1 saturated carbocycles. The number of hydrogen-bond donors (Lipinski definition) is 1. The average molecular weight is 494 g/mol. The fourth-order valence-corrected chi connectivity index (χ4v) is 5.88. The first kappa shape index (κ1) is 22.9. The van der Waals surface area contributed by atoms with Crippen LogP contribution < -0.4 is 5.32 Å². The second-order valence-corrected chi connectivity index (χ2v) is 16.6. The second kappa shape index (κ2) is 9.82. The largest absolute Gasteiger partial charge is 0.361 e. The maximum absolute atomic E-state index is 9.66. The van der Waals surface area contributed by atoms with Crippen LogP contribution in [0.15, 0.2) is 31.0 Å². The predicted molar refractivity (Wildman–Crippen MR) is 139 cm³/mol. The highest BCUT2D eigenvalue weighted by molar-refractivity contribution is 6.76. The summed E-state index contributed by atoms with van der Waals surface area (Å²) in [6.45, 7) is 12.3. The van der Waals surface area contributed by atoms with Gasteiger partial charge < -0.3 is 14.6 Å². The summed E-state index contributed by atoms with van der Waals surface area (Å²) in [7, 11) is -1.13. The number of rotatable bonds is 9. The van der Waals surface area contributed by atoms with Crippen molar-refractivity contribution in [3.8, 4) is 17.3 Å². The Hall–Kier alpha value is -2.58. The molecule has 2 aliphatic rings. The Morgan fingerprint density at radius 1 is 1.29 bits per heavy atom. The topological polar surface area (TPSA) is 96.8 Å². The maximum Gasteiger partial charge on any atom is 0.145 e. The summed E-state index contributed by atoms with van der Waals surface area (Å²) in [6, 6.07) is 5.72. The number of fused-ring (bicyclic) bond motifs is 1. The first-order chi connectivity index (χ1) is 17.3. The first-order valence-electron chi connectivity index (χ1n) is 13.1. The lowest BCUT2D eigenvalue weighted by Crippen LogP contribution is -2.59. The number of nitrogens with zero attached hydrogens (tertiary/aromatic N) is 7. The molecule has 0 radical (unpaired) electrons. The molecule has 9 nitrogen and oxygen atoms in total. The molecule has 0 aromatic carbocycles. The fraction of sp³-hybridized carbons (Fsp3) is 0.600. The van der Waals surface area contributed by atoms with Gasteiger partial charge in [-0.15, -0.1) is 0 Å². The summed E-state index contributed by atoms with van der Waals surface area (Å²) in [5, 5.41) is 18.7. The molecule has 5 rings (SSSR count). The van der Waals surface area contributed by atoms with Gasteiger partial charge in [-0.2, -0.15) is 10.4 Å². The Morgan fingerprint density at radius 2 is 2.09 bits per heavy atom. The van der Waals surface area contributed by atoms with E-state index in [2.05, 4.69) is 51.0 Å². The van der Waals surface area contributed by atoms with E-state index < -0.39 is 20.0 Å². The van der Waals surface area contributed by atoms with Crippen molar-refractivity contribution in [2.24, 2.45) is 0 Å². The van der Waals surface area contributed by atoms with Gasteiger partial charge in [0.05, 0.1) is 29.9 Å². The highest BCUT2D eigenvalue weighted by atomic mass is 28.3. The summed E-state index contributed by atoms with van der Waals surface area (Å²) in [5.74, 6) is 0. The van der Waals surface area contributed by atoms with Crippen molar-refractivity contribution in [1.82, 2.24) is 34.5 Å². The fourth-order valence-electron chi connectivity index (χ4n) is 5.12. The number of piperazine rings is 1. The molecule has 186 valence electrons. The molecule has 0 amide bonds. The van der Waals surface area contributed by atoms with Gasteiger partial charge in [-0.3, -0.25) is 9.58 Å². The minimum Gasteiger partial charge on any atom is -0.361 e. The number of ether oxygens (including phenoxy) is 1. The van der Waals surface area contributed by atoms with Crippen LogP contribution in [0, 0.1) is 11.3 Å². The van der Waals surface area contributed by atoms with Crippen molar-refractivity contribution in [2.45, 2.75) is 63.2 Å². The Morgan fingerprint density at radius 3 is 2.83 bits per heavy atom. The van der Waals surface area contributed by atoms with Crippen molar-refractivity contribution in [3.05, 3.63) is 31.0 Å². The molecule has 10 heteroatoms. The van der Waals surface area contributed by atoms with Gasteiger partial charge in [-0.1, -0.05) is 19.6 Å². The molecule has 2 fully saturated rings.